The molecular formula is C15H22FN3O2. The fourth-order valence-corrected chi connectivity index (χ4v) is 2.56. The number of piperidine rings is 1. The third kappa shape index (κ3) is 4.22. The van der Waals surface area contributed by atoms with Crippen molar-refractivity contribution in [2.24, 2.45) is 0 Å². The molecule has 2 heterocycles. The van der Waals surface area contributed by atoms with Crippen molar-refractivity contribution in [1.82, 2.24) is 15.2 Å². The van der Waals surface area contributed by atoms with Gasteiger partial charge in [-0.2, -0.15) is 0 Å². The Hall–Kier alpha value is -1.53. The van der Waals surface area contributed by atoms with Gasteiger partial charge in [-0.15, -0.1) is 0 Å². The van der Waals surface area contributed by atoms with E-state index in [1.54, 1.807) is 6.92 Å². The van der Waals surface area contributed by atoms with Crippen LogP contribution >= 0.6 is 0 Å². The Morgan fingerprint density at radius 1 is 1.52 bits per heavy atom. The smallest absolute Gasteiger partial charge is 0.219 e. The number of hydrogen-bond donors (Lipinski definition) is 2. The van der Waals surface area contributed by atoms with Gasteiger partial charge < -0.3 is 15.3 Å². The molecule has 2 N–H and O–H groups in total. The minimum atomic E-state index is -0.795. The second kappa shape index (κ2) is 6.49. The number of rotatable bonds is 4. The van der Waals surface area contributed by atoms with Crippen molar-refractivity contribution in [3.05, 3.63) is 29.8 Å². The van der Waals surface area contributed by atoms with Crippen LogP contribution in [0.5, 0.6) is 0 Å². The fraction of sp³-hybridized carbons (Fsp3) is 0.600. The largest absolute Gasteiger partial charge is 0.387 e. The minimum Gasteiger partial charge on any atom is -0.387 e. The zero-order valence-corrected chi connectivity index (χ0v) is 12.5. The standard InChI is InChI=1S/C15H22FN3O2/c1-11(20)19-5-3-15(2,4-6-19)18-10-14(21)12-7-13(16)9-17-8-12/h7-9,14,18,21H,3-6,10H2,1-2H3/t14-/m0/s1. The average molecular weight is 295 g/mol. The summed E-state index contributed by atoms with van der Waals surface area (Å²) in [6.07, 6.45) is 3.45. The molecule has 2 rings (SSSR count). The molecule has 0 unspecified atom stereocenters. The molecule has 0 bridgehead atoms. The van der Waals surface area contributed by atoms with Crippen molar-refractivity contribution in [1.29, 1.82) is 0 Å². The number of likely N-dealkylation sites (tertiary alicyclic amines) is 1. The Morgan fingerprint density at radius 2 is 2.19 bits per heavy atom. The summed E-state index contributed by atoms with van der Waals surface area (Å²) in [5, 5.41) is 13.4. The highest BCUT2D eigenvalue weighted by atomic mass is 19.1. The van der Waals surface area contributed by atoms with Gasteiger partial charge in [0.05, 0.1) is 12.3 Å². The molecule has 0 radical (unpaired) electrons. The molecule has 1 amide bonds. The number of pyridine rings is 1. The molecule has 5 nitrogen and oxygen atoms in total. The van der Waals surface area contributed by atoms with Crippen LogP contribution < -0.4 is 5.32 Å². The summed E-state index contributed by atoms with van der Waals surface area (Å²) in [4.78, 5) is 16.9. The number of halogens is 1. The van der Waals surface area contributed by atoms with E-state index in [1.165, 1.54) is 12.3 Å². The highest BCUT2D eigenvalue weighted by Crippen LogP contribution is 2.23. The number of aliphatic hydroxyl groups excluding tert-OH is 1. The monoisotopic (exact) mass is 295 g/mol. The zero-order valence-electron chi connectivity index (χ0n) is 12.5. The van der Waals surface area contributed by atoms with E-state index in [0.717, 1.165) is 32.1 Å². The SMILES string of the molecule is CC(=O)N1CCC(C)(NC[C@H](O)c2cncc(F)c2)CC1. The lowest BCUT2D eigenvalue weighted by atomic mass is 9.89. The first-order valence-electron chi connectivity index (χ1n) is 7.19. The van der Waals surface area contributed by atoms with E-state index >= 15 is 0 Å². The van der Waals surface area contributed by atoms with Gasteiger partial charge in [-0.3, -0.25) is 9.78 Å². The summed E-state index contributed by atoms with van der Waals surface area (Å²) in [6, 6.07) is 1.29. The van der Waals surface area contributed by atoms with Gasteiger partial charge in [-0.05, 0) is 25.8 Å². The second-order valence-electron chi connectivity index (χ2n) is 5.90. The zero-order chi connectivity index (χ0) is 15.5. The highest BCUT2D eigenvalue weighted by molar-refractivity contribution is 5.73. The molecule has 0 aromatic carbocycles. The predicted octanol–water partition coefficient (Wildman–Crippen LogP) is 1.24. The Bertz CT molecular complexity index is 501. The Balaban J connectivity index is 1.86. The van der Waals surface area contributed by atoms with Crippen molar-refractivity contribution in [3.63, 3.8) is 0 Å². The molecule has 1 aromatic heterocycles. The Kier molecular flexibility index (Phi) is 4.90. The second-order valence-corrected chi connectivity index (χ2v) is 5.90. The first-order chi connectivity index (χ1) is 9.89. The molecule has 0 spiro atoms. The number of nitrogens with one attached hydrogen (secondary N) is 1. The van der Waals surface area contributed by atoms with Crippen molar-refractivity contribution < 1.29 is 14.3 Å². The van der Waals surface area contributed by atoms with Gasteiger partial charge >= 0.3 is 0 Å². The molecule has 1 saturated heterocycles. The lowest BCUT2D eigenvalue weighted by Gasteiger charge is -2.40. The number of aliphatic hydroxyl groups is 1. The summed E-state index contributed by atoms with van der Waals surface area (Å²) >= 11 is 0. The van der Waals surface area contributed by atoms with Crippen LogP contribution in [0.1, 0.15) is 38.4 Å². The number of amides is 1. The highest BCUT2D eigenvalue weighted by Gasteiger charge is 2.31. The summed E-state index contributed by atoms with van der Waals surface area (Å²) in [5.74, 6) is -0.351. The predicted molar refractivity (Wildman–Crippen MR) is 77.1 cm³/mol. The van der Waals surface area contributed by atoms with Gasteiger partial charge in [-0.25, -0.2) is 4.39 Å². The lowest BCUT2D eigenvalue weighted by molar-refractivity contribution is -0.130. The molecule has 116 valence electrons. The number of carbonyl (C=O) groups is 1. The summed E-state index contributed by atoms with van der Waals surface area (Å²) in [7, 11) is 0. The number of hydrogen-bond acceptors (Lipinski definition) is 4. The number of β-amino-alcohol motifs (C(OH)–C–C–N with tert-alkyl or cyclic N) is 1. The summed E-state index contributed by atoms with van der Waals surface area (Å²) in [5.41, 5.74) is 0.348. The molecule has 0 saturated carbocycles. The van der Waals surface area contributed by atoms with Gasteiger partial charge in [-0.1, -0.05) is 0 Å². The first kappa shape index (κ1) is 15.9. The van der Waals surface area contributed by atoms with Gasteiger partial charge in [0.1, 0.15) is 5.82 Å². The molecule has 1 aliphatic heterocycles. The molecule has 21 heavy (non-hydrogen) atoms. The van der Waals surface area contributed by atoms with E-state index in [9.17, 15) is 14.3 Å². The van der Waals surface area contributed by atoms with Crippen molar-refractivity contribution in [3.8, 4) is 0 Å². The van der Waals surface area contributed by atoms with E-state index in [-0.39, 0.29) is 11.4 Å². The third-order valence-corrected chi connectivity index (χ3v) is 4.15. The fourth-order valence-electron chi connectivity index (χ4n) is 2.56. The molecule has 1 atom stereocenters. The normalized spacial score (nSPS) is 19.3. The van der Waals surface area contributed by atoms with Gasteiger partial charge in [0.25, 0.3) is 0 Å². The Morgan fingerprint density at radius 3 is 2.76 bits per heavy atom. The van der Waals surface area contributed by atoms with Gasteiger partial charge in [0.2, 0.25) is 5.91 Å². The molecule has 1 aromatic rings. The van der Waals surface area contributed by atoms with E-state index in [0.29, 0.717) is 12.1 Å². The molecular weight excluding hydrogens is 273 g/mol. The number of carbonyl (C=O) groups excluding carboxylic acids is 1. The van der Waals surface area contributed by atoms with Crippen LogP contribution in [0.25, 0.3) is 0 Å². The van der Waals surface area contributed by atoms with Crippen molar-refractivity contribution in [2.45, 2.75) is 38.3 Å². The first-order valence-corrected chi connectivity index (χ1v) is 7.19. The number of aromatic nitrogens is 1. The minimum absolute atomic E-state index is 0.0999. The van der Waals surface area contributed by atoms with Crippen LogP contribution in [0.15, 0.2) is 18.5 Å². The van der Waals surface area contributed by atoms with E-state index in [4.69, 9.17) is 0 Å². The maximum atomic E-state index is 13.1. The maximum Gasteiger partial charge on any atom is 0.219 e. The maximum absolute atomic E-state index is 13.1. The van der Waals surface area contributed by atoms with E-state index < -0.39 is 11.9 Å². The van der Waals surface area contributed by atoms with Crippen LogP contribution in [-0.2, 0) is 4.79 Å². The lowest BCUT2D eigenvalue weighted by Crippen LogP contribution is -2.53. The van der Waals surface area contributed by atoms with Crippen LogP contribution in [0.3, 0.4) is 0 Å². The molecule has 0 aliphatic carbocycles. The van der Waals surface area contributed by atoms with Crippen LogP contribution in [0.4, 0.5) is 4.39 Å². The van der Waals surface area contributed by atoms with E-state index in [1.807, 2.05) is 4.90 Å². The average Bonchev–Trinajstić information content (AvgIpc) is 2.45. The Labute approximate surface area is 124 Å². The van der Waals surface area contributed by atoms with Gasteiger partial charge in [0.15, 0.2) is 0 Å². The van der Waals surface area contributed by atoms with Crippen molar-refractivity contribution in [2.75, 3.05) is 19.6 Å². The summed E-state index contributed by atoms with van der Waals surface area (Å²) in [6.45, 7) is 5.44. The molecule has 6 heteroatoms. The topological polar surface area (TPSA) is 65.5 Å². The molecule has 1 fully saturated rings. The van der Waals surface area contributed by atoms with E-state index in [2.05, 4.69) is 17.2 Å². The van der Waals surface area contributed by atoms with Crippen LogP contribution in [0, 0.1) is 5.82 Å². The van der Waals surface area contributed by atoms with Crippen LogP contribution in [0.2, 0.25) is 0 Å². The van der Waals surface area contributed by atoms with Gasteiger partial charge in [0, 0.05) is 43.9 Å². The quantitative estimate of drug-likeness (QED) is 0.877. The molecule has 1 aliphatic rings. The number of nitrogens with zero attached hydrogens (tertiary/aromatic N) is 2. The third-order valence-electron chi connectivity index (χ3n) is 4.15. The summed E-state index contributed by atoms with van der Waals surface area (Å²) < 4.78 is 13.1. The van der Waals surface area contributed by atoms with Crippen molar-refractivity contribution >= 4 is 5.91 Å². The van der Waals surface area contributed by atoms with Crippen LogP contribution in [-0.4, -0.2) is 46.1 Å².